The molecule has 0 aliphatic rings. The molecule has 10 heavy (non-hydrogen) atoms. The Labute approximate surface area is 60.8 Å². The molecule has 0 aromatic heterocycles. The minimum atomic E-state index is -0.788. The van der Waals surface area contributed by atoms with Crippen molar-refractivity contribution in [3.8, 4) is 0 Å². The van der Waals surface area contributed by atoms with E-state index in [0.29, 0.717) is 19.3 Å². The summed E-state index contributed by atoms with van der Waals surface area (Å²) >= 11 is 0. The highest BCUT2D eigenvalue weighted by atomic mass is 16.4. The van der Waals surface area contributed by atoms with Gasteiger partial charge in [0.25, 0.3) is 0 Å². The zero-order valence-electron chi connectivity index (χ0n) is 6.09. The van der Waals surface area contributed by atoms with Gasteiger partial charge in [-0.05, 0) is 19.3 Å². The molecular weight excluding hydrogens is 131 g/mol. The third kappa shape index (κ3) is 7.20. The number of carboxylic acids is 1. The Morgan fingerprint density at radius 1 is 1.20 bits per heavy atom. The SMILES string of the molecule is BC(=O)CCCCC(=O)O. The van der Waals surface area contributed by atoms with Gasteiger partial charge in [0.1, 0.15) is 0 Å². The van der Waals surface area contributed by atoms with Crippen LogP contribution >= 0.6 is 0 Å². The minimum absolute atomic E-state index is 0.130. The van der Waals surface area contributed by atoms with E-state index < -0.39 is 5.97 Å². The Hall–Kier alpha value is -0.795. The second-order valence-corrected chi connectivity index (χ2v) is 2.30. The molecule has 0 rings (SSSR count). The predicted octanol–water partition coefficient (Wildman–Crippen LogP) is -0.209. The van der Waals surface area contributed by atoms with Crippen molar-refractivity contribution in [2.75, 3.05) is 0 Å². The largest absolute Gasteiger partial charge is 0.481 e. The van der Waals surface area contributed by atoms with E-state index in [1.165, 1.54) is 7.85 Å². The summed E-state index contributed by atoms with van der Waals surface area (Å²) in [5.41, 5.74) is 0.130. The zero-order valence-corrected chi connectivity index (χ0v) is 6.09. The zero-order chi connectivity index (χ0) is 7.98. The molecule has 1 N–H and O–H groups in total. The number of carboxylic acid groups (broad SMARTS) is 1. The van der Waals surface area contributed by atoms with Crippen LogP contribution in [0.25, 0.3) is 0 Å². The first-order valence-electron chi connectivity index (χ1n) is 3.34. The Kier molecular flexibility index (Phi) is 4.63. The summed E-state index contributed by atoms with van der Waals surface area (Å²) in [6.07, 6.45) is 1.98. The molecule has 0 radical (unpaired) electrons. The third-order valence-electron chi connectivity index (χ3n) is 1.17. The van der Waals surface area contributed by atoms with Crippen molar-refractivity contribution in [1.82, 2.24) is 0 Å². The van der Waals surface area contributed by atoms with E-state index in [1.807, 2.05) is 0 Å². The van der Waals surface area contributed by atoms with Crippen LogP contribution in [0.15, 0.2) is 0 Å². The number of hydrogen-bond donors (Lipinski definition) is 1. The van der Waals surface area contributed by atoms with E-state index in [2.05, 4.69) is 0 Å². The standard InChI is InChI=1S/C6H11BO3/c7-5(8)3-1-2-4-6(9)10/h1-4,7H2,(H,9,10). The van der Waals surface area contributed by atoms with Crippen molar-refractivity contribution < 1.29 is 14.7 Å². The summed E-state index contributed by atoms with van der Waals surface area (Å²) < 4.78 is 0. The van der Waals surface area contributed by atoms with Crippen molar-refractivity contribution in [3.63, 3.8) is 0 Å². The maximum absolute atomic E-state index is 10.3. The Bertz CT molecular complexity index is 117. The van der Waals surface area contributed by atoms with Crippen LogP contribution in [0.3, 0.4) is 0 Å². The molecule has 3 nitrogen and oxygen atoms in total. The molecule has 0 aliphatic carbocycles. The van der Waals surface area contributed by atoms with Gasteiger partial charge in [-0.15, -0.1) is 0 Å². The molecule has 0 unspecified atom stereocenters. The summed E-state index contributed by atoms with van der Waals surface area (Å²) in [5, 5.41) is 8.19. The lowest BCUT2D eigenvalue weighted by atomic mass is 9.97. The summed E-state index contributed by atoms with van der Waals surface area (Å²) in [6.45, 7) is 0. The van der Waals surface area contributed by atoms with Crippen molar-refractivity contribution in [2.24, 2.45) is 0 Å². The molecule has 0 amide bonds. The summed E-state index contributed by atoms with van der Waals surface area (Å²) in [7, 11) is 1.51. The third-order valence-corrected chi connectivity index (χ3v) is 1.17. The van der Waals surface area contributed by atoms with Crippen LogP contribution < -0.4 is 0 Å². The molecule has 0 heterocycles. The number of carbonyl (C=O) groups excluding carboxylic acids is 1. The second kappa shape index (κ2) is 5.03. The first-order chi connectivity index (χ1) is 4.63. The van der Waals surface area contributed by atoms with Crippen LogP contribution in [0, 0.1) is 0 Å². The summed E-state index contributed by atoms with van der Waals surface area (Å²) in [4.78, 5) is 20.3. The maximum atomic E-state index is 10.3. The summed E-state index contributed by atoms with van der Waals surface area (Å²) in [6, 6.07) is 0. The Balaban J connectivity index is 3.06. The number of carbonyl (C=O) groups is 2. The highest BCUT2D eigenvalue weighted by molar-refractivity contribution is 6.57. The van der Waals surface area contributed by atoms with Crippen LogP contribution in [-0.2, 0) is 9.59 Å². The molecular formula is C6H11BO3. The molecule has 0 aromatic rings. The van der Waals surface area contributed by atoms with E-state index in [4.69, 9.17) is 5.11 Å². The molecule has 0 saturated heterocycles. The molecule has 0 aromatic carbocycles. The van der Waals surface area contributed by atoms with Crippen molar-refractivity contribution >= 4 is 19.5 Å². The molecule has 56 valence electrons. The predicted molar refractivity (Wildman–Crippen MR) is 39.7 cm³/mol. The van der Waals surface area contributed by atoms with Gasteiger partial charge in [-0.1, -0.05) is 0 Å². The van der Waals surface area contributed by atoms with Gasteiger partial charge in [-0.3, -0.25) is 4.79 Å². The van der Waals surface area contributed by atoms with Crippen LogP contribution in [0.1, 0.15) is 25.7 Å². The van der Waals surface area contributed by atoms with Gasteiger partial charge in [0.15, 0.2) is 7.85 Å². The smallest absolute Gasteiger partial charge is 0.303 e. The van der Waals surface area contributed by atoms with Gasteiger partial charge >= 0.3 is 5.97 Å². The molecule has 0 bridgehead atoms. The molecule has 0 spiro atoms. The highest BCUT2D eigenvalue weighted by Crippen LogP contribution is 1.98. The van der Waals surface area contributed by atoms with Gasteiger partial charge in [0.2, 0.25) is 0 Å². The van der Waals surface area contributed by atoms with Gasteiger partial charge in [-0.2, -0.15) is 0 Å². The number of hydrogen-bond acceptors (Lipinski definition) is 2. The normalized spacial score (nSPS) is 9.20. The second-order valence-electron chi connectivity index (χ2n) is 2.30. The molecule has 0 aliphatic heterocycles. The van der Waals surface area contributed by atoms with E-state index in [9.17, 15) is 9.59 Å². The Morgan fingerprint density at radius 2 is 1.70 bits per heavy atom. The van der Waals surface area contributed by atoms with Crippen LogP contribution in [0.5, 0.6) is 0 Å². The van der Waals surface area contributed by atoms with E-state index in [0.717, 1.165) is 0 Å². The van der Waals surface area contributed by atoms with Crippen molar-refractivity contribution in [3.05, 3.63) is 0 Å². The quantitative estimate of drug-likeness (QED) is 0.426. The van der Waals surface area contributed by atoms with Gasteiger partial charge in [0.05, 0.1) is 5.68 Å². The average Bonchev–Trinajstić information content (AvgIpc) is 1.79. The lowest BCUT2D eigenvalue weighted by Crippen LogP contribution is -1.98. The van der Waals surface area contributed by atoms with Gasteiger partial charge in [0, 0.05) is 6.42 Å². The van der Waals surface area contributed by atoms with Crippen LogP contribution in [0.4, 0.5) is 0 Å². The fourth-order valence-corrected chi connectivity index (χ4v) is 0.650. The topological polar surface area (TPSA) is 54.4 Å². The van der Waals surface area contributed by atoms with Crippen molar-refractivity contribution in [2.45, 2.75) is 25.7 Å². The fourth-order valence-electron chi connectivity index (χ4n) is 0.650. The van der Waals surface area contributed by atoms with Gasteiger partial charge < -0.3 is 9.90 Å². The van der Waals surface area contributed by atoms with Crippen LogP contribution in [-0.4, -0.2) is 24.6 Å². The van der Waals surface area contributed by atoms with E-state index >= 15 is 0 Å². The lowest BCUT2D eigenvalue weighted by molar-refractivity contribution is -0.137. The highest BCUT2D eigenvalue weighted by Gasteiger charge is 1.97. The van der Waals surface area contributed by atoms with E-state index in [-0.39, 0.29) is 12.1 Å². The van der Waals surface area contributed by atoms with Crippen molar-refractivity contribution in [1.29, 1.82) is 0 Å². The summed E-state index contributed by atoms with van der Waals surface area (Å²) in [5.74, 6) is -0.788. The fraction of sp³-hybridized carbons (Fsp3) is 0.667. The maximum Gasteiger partial charge on any atom is 0.303 e. The molecule has 0 saturated carbocycles. The Morgan fingerprint density at radius 3 is 2.10 bits per heavy atom. The molecule has 4 heteroatoms. The lowest BCUT2D eigenvalue weighted by Gasteiger charge is -1.93. The van der Waals surface area contributed by atoms with Gasteiger partial charge in [-0.25, -0.2) is 0 Å². The number of aliphatic carboxylic acids is 1. The molecule has 0 fully saturated rings. The first-order valence-corrected chi connectivity index (χ1v) is 3.34. The first kappa shape index (κ1) is 9.20. The average molecular weight is 142 g/mol. The van der Waals surface area contributed by atoms with E-state index in [1.54, 1.807) is 0 Å². The molecule has 0 atom stereocenters. The monoisotopic (exact) mass is 142 g/mol. The van der Waals surface area contributed by atoms with Crippen LogP contribution in [0.2, 0.25) is 0 Å². The number of rotatable bonds is 5. The number of unbranched alkanes of at least 4 members (excludes halogenated alkanes) is 1. The minimum Gasteiger partial charge on any atom is -0.481 e.